The number of phenols is 1. The molecule has 0 saturated carbocycles. The van der Waals surface area contributed by atoms with Gasteiger partial charge in [0.25, 0.3) is 10.1 Å². The predicted octanol–water partition coefficient (Wildman–Crippen LogP) is -2.07. The fourth-order valence-corrected chi connectivity index (χ4v) is 2.03. The van der Waals surface area contributed by atoms with E-state index in [-0.39, 0.29) is 59.4 Å². The molecule has 0 atom stereocenters. The third-order valence-corrected chi connectivity index (χ3v) is 3.53. The Hall–Kier alpha value is -1.99. The second-order valence-electron chi connectivity index (χ2n) is 4.48. The van der Waals surface area contributed by atoms with Gasteiger partial charge in [0.05, 0.1) is 4.90 Å². The average molecular weight is 473 g/mol. The molecule has 149 valence electrons. The summed E-state index contributed by atoms with van der Waals surface area (Å²) in [5.74, 6) is -4.58. The molecule has 0 unspecified atom stereocenters. The van der Waals surface area contributed by atoms with E-state index < -0.39 is 44.2 Å². The topological polar surface area (TPSA) is 199 Å². The van der Waals surface area contributed by atoms with Gasteiger partial charge in [0.1, 0.15) is 22.7 Å². The number of aromatic nitrogens is 1. The van der Waals surface area contributed by atoms with Crippen LogP contribution in [0, 0.1) is 0 Å². The van der Waals surface area contributed by atoms with Crippen molar-refractivity contribution in [1.29, 1.82) is 0 Å². The first-order chi connectivity index (χ1) is 11.9. The van der Waals surface area contributed by atoms with E-state index in [0.29, 0.717) is 6.07 Å². The van der Waals surface area contributed by atoms with Crippen LogP contribution in [0.25, 0.3) is 0 Å². The van der Waals surface area contributed by atoms with Crippen molar-refractivity contribution in [3.63, 3.8) is 0 Å². The molecule has 14 heteroatoms. The quantitative estimate of drug-likeness (QED) is 0.242. The summed E-state index contributed by atoms with van der Waals surface area (Å²) in [6.45, 7) is 0. The van der Waals surface area contributed by atoms with Crippen molar-refractivity contribution in [3.8, 4) is 5.75 Å². The van der Waals surface area contributed by atoms with E-state index in [4.69, 9.17) is 25.0 Å². The molecule has 0 fully saturated rings. The standard InChI is InChI=1S/C7H5NO4.C7H6O6S.Cu.Na/c9-6(10)4-2-1-3-5(8-4)7(11)12;8-6-3-4(14(11,12)13)1-2-5(6)7(9)10;;/h1-3H,(H,9,10)(H,11,12);1-3,8H,(H,9,10)(H,11,12,13);;/q;;;+1/p+1. The fraction of sp³-hybridized carbons (Fsp3) is 0. The third kappa shape index (κ3) is 8.35. The van der Waals surface area contributed by atoms with Crippen LogP contribution in [0.5, 0.6) is 5.75 Å². The van der Waals surface area contributed by atoms with Crippen molar-refractivity contribution in [2.45, 2.75) is 4.90 Å². The number of pyridine rings is 1. The molecule has 1 radical (unpaired) electrons. The zero-order chi connectivity index (χ0) is 20.1. The molecule has 1 aromatic carbocycles. The second-order valence-corrected chi connectivity index (χ2v) is 5.90. The summed E-state index contributed by atoms with van der Waals surface area (Å²) in [7, 11) is -4.42. The molecule has 11 nitrogen and oxygen atoms in total. The van der Waals surface area contributed by atoms with Gasteiger partial charge in [0.2, 0.25) is 0 Å². The molecule has 0 aliphatic heterocycles. The van der Waals surface area contributed by atoms with E-state index in [1.165, 1.54) is 18.2 Å². The molecule has 2 rings (SSSR count). The number of rotatable bonds is 4. The molecule has 0 aliphatic rings. The molecular weight excluding hydrogens is 461 g/mol. The number of benzene rings is 1. The Labute approximate surface area is 192 Å². The maximum absolute atomic E-state index is 10.6. The Morgan fingerprint density at radius 2 is 1.36 bits per heavy atom. The van der Waals surface area contributed by atoms with Crippen LogP contribution in [0.2, 0.25) is 0 Å². The van der Waals surface area contributed by atoms with Crippen LogP contribution in [0.15, 0.2) is 41.3 Å². The van der Waals surface area contributed by atoms with E-state index in [1.54, 1.807) is 0 Å². The van der Waals surface area contributed by atoms with Crippen LogP contribution in [0.3, 0.4) is 0 Å². The van der Waals surface area contributed by atoms with Crippen molar-refractivity contribution in [2.24, 2.45) is 0 Å². The van der Waals surface area contributed by atoms with Crippen molar-refractivity contribution >= 4 is 28.0 Å². The van der Waals surface area contributed by atoms with Gasteiger partial charge in [-0.05, 0) is 24.3 Å². The average Bonchev–Trinajstić information content (AvgIpc) is 2.54. The maximum Gasteiger partial charge on any atom is 1.00 e. The van der Waals surface area contributed by atoms with E-state index in [0.717, 1.165) is 12.1 Å². The Balaban J connectivity index is -0.000000426. The van der Waals surface area contributed by atoms with Crippen LogP contribution in [-0.4, -0.2) is 56.3 Å². The van der Waals surface area contributed by atoms with Gasteiger partial charge in [-0.1, -0.05) is 6.07 Å². The van der Waals surface area contributed by atoms with Crippen LogP contribution in [0.1, 0.15) is 32.8 Å². The van der Waals surface area contributed by atoms with Crippen molar-refractivity contribution < 1.29 is 95.8 Å². The van der Waals surface area contributed by atoms with Gasteiger partial charge in [-0.2, -0.15) is 8.42 Å². The van der Waals surface area contributed by atoms with Gasteiger partial charge < -0.3 is 20.4 Å². The minimum absolute atomic E-state index is 0. The number of hydrogen-bond donors (Lipinski definition) is 5. The summed E-state index contributed by atoms with van der Waals surface area (Å²) in [5, 5.41) is 34.4. The Morgan fingerprint density at radius 3 is 1.68 bits per heavy atom. The monoisotopic (exact) mass is 472 g/mol. The molecule has 0 amide bonds. The number of aromatic hydroxyl groups is 1. The van der Waals surface area contributed by atoms with Crippen LogP contribution >= 0.6 is 0 Å². The summed E-state index contributed by atoms with van der Waals surface area (Å²) < 4.78 is 29.7. The van der Waals surface area contributed by atoms with Gasteiger partial charge in [0.15, 0.2) is 0 Å². The molecule has 28 heavy (non-hydrogen) atoms. The van der Waals surface area contributed by atoms with Crippen molar-refractivity contribution in [2.75, 3.05) is 0 Å². The van der Waals surface area contributed by atoms with Crippen LogP contribution < -0.4 is 29.6 Å². The molecule has 1 heterocycles. The van der Waals surface area contributed by atoms with E-state index in [2.05, 4.69) is 4.98 Å². The Morgan fingerprint density at radius 1 is 0.893 bits per heavy atom. The predicted molar refractivity (Wildman–Crippen MR) is 84.1 cm³/mol. The molecule has 0 saturated heterocycles. The number of carboxylic acids is 3. The molecule has 0 bridgehead atoms. The summed E-state index contributed by atoms with van der Waals surface area (Å²) in [6.07, 6.45) is 0. The number of aromatic carboxylic acids is 3. The zero-order valence-corrected chi connectivity index (χ0v) is 17.7. The van der Waals surface area contributed by atoms with Crippen LogP contribution in [0.4, 0.5) is 0 Å². The Kier molecular flexibility index (Phi) is 11.9. The Bertz CT molecular complexity index is 957. The van der Waals surface area contributed by atoms with Gasteiger partial charge in [-0.25, -0.2) is 19.4 Å². The van der Waals surface area contributed by atoms with E-state index in [1.807, 2.05) is 0 Å². The fourth-order valence-electron chi connectivity index (χ4n) is 1.53. The summed E-state index contributed by atoms with van der Waals surface area (Å²) in [6, 6.07) is 6.24. The van der Waals surface area contributed by atoms with Gasteiger partial charge >= 0.3 is 48.9 Å². The molecule has 2 aromatic rings. The minimum atomic E-state index is -4.42. The van der Waals surface area contributed by atoms with Crippen LogP contribution in [-0.2, 0) is 27.2 Å². The number of carboxylic acid groups (broad SMARTS) is 3. The smallest absolute Gasteiger partial charge is 0.507 e. The number of carbonyl (C=O) groups is 3. The largest absolute Gasteiger partial charge is 1.00 e. The SMILES string of the molecule is O=C(O)c1ccc(S(=O)(=O)O)cc1O.O=C(O)c1cccc(C(=O)O)n1.[Cu].[H+].[Na+]. The number of nitrogens with zero attached hydrogens (tertiary/aromatic N) is 1. The maximum atomic E-state index is 10.6. The van der Waals surface area contributed by atoms with E-state index >= 15 is 0 Å². The van der Waals surface area contributed by atoms with Crippen molar-refractivity contribution in [1.82, 2.24) is 4.98 Å². The minimum Gasteiger partial charge on any atom is -0.507 e. The van der Waals surface area contributed by atoms with E-state index in [9.17, 15) is 22.8 Å². The molecule has 0 spiro atoms. The normalized spacial score (nSPS) is 9.61. The molecular formula is C14H12CuNNaO10S+2. The number of hydrogen-bond acceptors (Lipinski definition) is 7. The first-order valence-corrected chi connectivity index (χ1v) is 7.85. The third-order valence-electron chi connectivity index (χ3n) is 2.68. The summed E-state index contributed by atoms with van der Waals surface area (Å²) in [4.78, 5) is 33.9. The summed E-state index contributed by atoms with van der Waals surface area (Å²) in [5.41, 5.74) is -0.970. The first kappa shape index (κ1) is 28.2. The molecule has 1 aromatic heterocycles. The van der Waals surface area contributed by atoms with Gasteiger partial charge in [0, 0.05) is 23.1 Å². The van der Waals surface area contributed by atoms with Gasteiger partial charge in [-0.15, -0.1) is 0 Å². The molecule has 5 N–H and O–H groups in total. The van der Waals surface area contributed by atoms with Crippen molar-refractivity contribution in [3.05, 3.63) is 53.3 Å². The zero-order valence-electron chi connectivity index (χ0n) is 14.9. The summed E-state index contributed by atoms with van der Waals surface area (Å²) >= 11 is 0. The second kappa shape index (κ2) is 11.8. The van der Waals surface area contributed by atoms with Gasteiger partial charge in [-0.3, -0.25) is 4.55 Å². The molecule has 0 aliphatic carbocycles. The first-order valence-electron chi connectivity index (χ1n) is 6.41.